The molecule has 0 saturated heterocycles. The molecular weight excluding hydrogens is 182 g/mol. The van der Waals surface area contributed by atoms with Gasteiger partial charge in [0.2, 0.25) is 5.13 Å². The van der Waals surface area contributed by atoms with Gasteiger partial charge in [-0.25, -0.2) is 0 Å². The first-order chi connectivity index (χ1) is 6.39. The summed E-state index contributed by atoms with van der Waals surface area (Å²) in [5.74, 6) is 1.02. The fourth-order valence-corrected chi connectivity index (χ4v) is 2.53. The first-order valence-electron chi connectivity index (χ1n) is 4.89. The summed E-state index contributed by atoms with van der Waals surface area (Å²) in [6, 6.07) is 0. The van der Waals surface area contributed by atoms with Gasteiger partial charge in [-0.3, -0.25) is 0 Å². The molecule has 2 saturated carbocycles. The van der Waals surface area contributed by atoms with Gasteiger partial charge >= 0.3 is 0 Å². The second-order valence-corrected chi connectivity index (χ2v) is 5.07. The normalized spacial score (nSPS) is 24.3. The van der Waals surface area contributed by atoms with Crippen molar-refractivity contribution in [3.8, 4) is 0 Å². The first kappa shape index (κ1) is 7.74. The largest absolute Gasteiger partial charge is 0.360 e. The van der Waals surface area contributed by atoms with Crippen molar-refractivity contribution in [1.29, 1.82) is 0 Å². The molecule has 2 fully saturated rings. The van der Waals surface area contributed by atoms with Crippen molar-refractivity contribution in [2.24, 2.45) is 11.3 Å². The number of rotatable bonds is 4. The van der Waals surface area contributed by atoms with Gasteiger partial charge in [-0.1, -0.05) is 11.3 Å². The molecule has 2 aliphatic rings. The number of anilines is 1. The Morgan fingerprint density at radius 2 is 2.38 bits per heavy atom. The zero-order valence-corrected chi connectivity index (χ0v) is 8.31. The highest BCUT2D eigenvalue weighted by atomic mass is 32.1. The van der Waals surface area contributed by atoms with E-state index in [4.69, 9.17) is 0 Å². The second kappa shape index (κ2) is 2.67. The maximum atomic E-state index is 3.98. The summed E-state index contributed by atoms with van der Waals surface area (Å²) < 4.78 is 0. The lowest BCUT2D eigenvalue weighted by atomic mass is 10.0. The molecular formula is C9H13N3S. The van der Waals surface area contributed by atoms with Gasteiger partial charge in [-0.05, 0) is 37.0 Å². The Kier molecular flexibility index (Phi) is 1.59. The average Bonchev–Trinajstić information content (AvgIpc) is 3.02. The van der Waals surface area contributed by atoms with E-state index >= 15 is 0 Å². The second-order valence-electron chi connectivity index (χ2n) is 4.23. The molecule has 1 aromatic rings. The van der Waals surface area contributed by atoms with E-state index in [1.807, 2.05) is 0 Å². The first-order valence-corrected chi connectivity index (χ1v) is 5.77. The zero-order valence-electron chi connectivity index (χ0n) is 7.49. The van der Waals surface area contributed by atoms with E-state index in [2.05, 4.69) is 15.5 Å². The SMILES string of the molecule is c1nnc(NCC2(C3CC3)CC2)s1. The molecule has 1 N–H and O–H groups in total. The molecule has 0 atom stereocenters. The molecule has 1 aromatic heterocycles. The molecule has 13 heavy (non-hydrogen) atoms. The van der Waals surface area contributed by atoms with Crippen molar-refractivity contribution < 1.29 is 0 Å². The highest BCUT2D eigenvalue weighted by Gasteiger charge is 2.53. The fraction of sp³-hybridized carbons (Fsp3) is 0.778. The number of hydrogen-bond acceptors (Lipinski definition) is 4. The van der Waals surface area contributed by atoms with Crippen molar-refractivity contribution in [2.45, 2.75) is 25.7 Å². The lowest BCUT2D eigenvalue weighted by molar-refractivity contribution is 0.466. The lowest BCUT2D eigenvalue weighted by Gasteiger charge is -2.13. The van der Waals surface area contributed by atoms with Gasteiger partial charge in [-0.2, -0.15) is 0 Å². The molecule has 0 spiro atoms. The highest BCUT2D eigenvalue weighted by molar-refractivity contribution is 7.13. The Labute approximate surface area is 81.6 Å². The standard InChI is InChI=1S/C9H13N3S/c1-2-7(1)9(3-4-9)5-10-8-12-11-6-13-8/h6-7H,1-5H2,(H,10,12). The predicted octanol–water partition coefficient (Wildman–Crippen LogP) is 2.14. The fourth-order valence-electron chi connectivity index (χ4n) is 2.09. The van der Waals surface area contributed by atoms with Crippen LogP contribution in [0.25, 0.3) is 0 Å². The summed E-state index contributed by atoms with van der Waals surface area (Å²) in [7, 11) is 0. The molecule has 0 aromatic carbocycles. The maximum Gasteiger partial charge on any atom is 0.205 e. The van der Waals surface area contributed by atoms with Crippen LogP contribution in [0.1, 0.15) is 25.7 Å². The molecule has 0 unspecified atom stereocenters. The highest BCUT2D eigenvalue weighted by Crippen LogP contribution is 2.61. The van der Waals surface area contributed by atoms with Gasteiger partial charge in [0, 0.05) is 6.54 Å². The average molecular weight is 195 g/mol. The Balaban J connectivity index is 1.58. The summed E-state index contributed by atoms with van der Waals surface area (Å²) in [4.78, 5) is 0. The van der Waals surface area contributed by atoms with Crippen molar-refractivity contribution in [3.05, 3.63) is 5.51 Å². The van der Waals surface area contributed by atoms with E-state index in [9.17, 15) is 0 Å². The predicted molar refractivity (Wildman–Crippen MR) is 52.8 cm³/mol. The van der Waals surface area contributed by atoms with E-state index in [1.165, 1.54) is 25.7 Å². The van der Waals surface area contributed by atoms with Gasteiger partial charge in [0.1, 0.15) is 5.51 Å². The van der Waals surface area contributed by atoms with Crippen LogP contribution < -0.4 is 5.32 Å². The minimum Gasteiger partial charge on any atom is -0.360 e. The van der Waals surface area contributed by atoms with Crippen molar-refractivity contribution >= 4 is 16.5 Å². The van der Waals surface area contributed by atoms with E-state index < -0.39 is 0 Å². The number of nitrogens with zero attached hydrogens (tertiary/aromatic N) is 2. The van der Waals surface area contributed by atoms with Crippen LogP contribution in [0.4, 0.5) is 5.13 Å². The van der Waals surface area contributed by atoms with E-state index in [0.29, 0.717) is 5.41 Å². The van der Waals surface area contributed by atoms with Crippen LogP contribution in [0.2, 0.25) is 0 Å². The summed E-state index contributed by atoms with van der Waals surface area (Å²) in [6.07, 6.45) is 5.75. The number of nitrogens with one attached hydrogen (secondary N) is 1. The number of aromatic nitrogens is 2. The van der Waals surface area contributed by atoms with Gasteiger partial charge in [0.25, 0.3) is 0 Å². The minimum absolute atomic E-state index is 0.658. The van der Waals surface area contributed by atoms with Gasteiger partial charge in [-0.15, -0.1) is 10.2 Å². The molecule has 0 radical (unpaired) electrons. The quantitative estimate of drug-likeness (QED) is 0.800. The Bertz CT molecular complexity index is 288. The molecule has 4 heteroatoms. The number of hydrogen-bond donors (Lipinski definition) is 1. The Morgan fingerprint density at radius 1 is 1.54 bits per heavy atom. The summed E-state index contributed by atoms with van der Waals surface area (Å²) in [6.45, 7) is 1.12. The third-order valence-corrected chi connectivity index (χ3v) is 3.94. The Hall–Kier alpha value is -0.640. The van der Waals surface area contributed by atoms with Gasteiger partial charge in [0.15, 0.2) is 0 Å². The van der Waals surface area contributed by atoms with Crippen LogP contribution in [0.5, 0.6) is 0 Å². The smallest absolute Gasteiger partial charge is 0.205 e. The molecule has 2 aliphatic carbocycles. The maximum absolute atomic E-state index is 3.98. The van der Waals surface area contributed by atoms with Crippen LogP contribution in [0.15, 0.2) is 5.51 Å². The third-order valence-electron chi connectivity index (χ3n) is 3.29. The molecule has 1 heterocycles. The van der Waals surface area contributed by atoms with E-state index in [0.717, 1.165) is 17.6 Å². The van der Waals surface area contributed by atoms with Crippen LogP contribution >= 0.6 is 11.3 Å². The lowest BCUT2D eigenvalue weighted by Crippen LogP contribution is -2.17. The summed E-state index contributed by atoms with van der Waals surface area (Å²) in [5.41, 5.74) is 2.44. The molecule has 70 valence electrons. The van der Waals surface area contributed by atoms with Crippen LogP contribution in [-0.4, -0.2) is 16.7 Å². The zero-order chi connectivity index (χ0) is 8.73. The monoisotopic (exact) mass is 195 g/mol. The van der Waals surface area contributed by atoms with Gasteiger partial charge < -0.3 is 5.32 Å². The summed E-state index contributed by atoms with van der Waals surface area (Å²) >= 11 is 1.59. The van der Waals surface area contributed by atoms with Crippen LogP contribution in [-0.2, 0) is 0 Å². The van der Waals surface area contributed by atoms with Crippen LogP contribution in [0, 0.1) is 11.3 Å². The van der Waals surface area contributed by atoms with Crippen molar-refractivity contribution in [2.75, 3.05) is 11.9 Å². The summed E-state index contributed by atoms with van der Waals surface area (Å²) in [5, 5.41) is 12.2. The molecule has 3 nitrogen and oxygen atoms in total. The third kappa shape index (κ3) is 1.43. The Morgan fingerprint density at radius 3 is 2.92 bits per heavy atom. The molecule has 0 bridgehead atoms. The van der Waals surface area contributed by atoms with Gasteiger partial charge in [0.05, 0.1) is 0 Å². The van der Waals surface area contributed by atoms with Crippen molar-refractivity contribution in [3.63, 3.8) is 0 Å². The van der Waals surface area contributed by atoms with Crippen molar-refractivity contribution in [1.82, 2.24) is 10.2 Å². The topological polar surface area (TPSA) is 37.8 Å². The van der Waals surface area contributed by atoms with E-state index in [1.54, 1.807) is 16.8 Å². The van der Waals surface area contributed by atoms with Crippen LogP contribution in [0.3, 0.4) is 0 Å². The minimum atomic E-state index is 0.658. The molecule has 0 amide bonds. The van der Waals surface area contributed by atoms with E-state index in [-0.39, 0.29) is 0 Å². The molecule has 0 aliphatic heterocycles. The molecule has 3 rings (SSSR count).